The van der Waals surface area contributed by atoms with Crippen LogP contribution in [0.2, 0.25) is 0 Å². The minimum atomic E-state index is -0.133. The standard InChI is InChI=1S/C15H25NO2/c1-6-18-15(3,4)11-16-10-13-9-12(2)7-8-14(13)17-5/h7-9,16H,6,10-11H2,1-5H3. The Bertz CT molecular complexity index is 375. The molecule has 0 aliphatic rings. The number of aryl methyl sites for hydroxylation is 1. The summed E-state index contributed by atoms with van der Waals surface area (Å²) < 4.78 is 11.0. The second kappa shape index (κ2) is 6.76. The second-order valence-electron chi connectivity index (χ2n) is 5.11. The van der Waals surface area contributed by atoms with Crippen LogP contribution >= 0.6 is 0 Å². The van der Waals surface area contributed by atoms with Gasteiger partial charge in [0.25, 0.3) is 0 Å². The summed E-state index contributed by atoms with van der Waals surface area (Å²) in [6, 6.07) is 6.23. The Morgan fingerprint density at radius 2 is 2.00 bits per heavy atom. The third-order valence-corrected chi connectivity index (χ3v) is 2.84. The first-order chi connectivity index (χ1) is 8.48. The lowest BCUT2D eigenvalue weighted by atomic mass is 10.1. The number of methoxy groups -OCH3 is 1. The van der Waals surface area contributed by atoms with Gasteiger partial charge in [0.05, 0.1) is 12.7 Å². The Morgan fingerprint density at radius 1 is 1.28 bits per heavy atom. The van der Waals surface area contributed by atoms with Crippen LogP contribution in [0.5, 0.6) is 5.75 Å². The number of benzene rings is 1. The molecule has 0 saturated heterocycles. The van der Waals surface area contributed by atoms with Gasteiger partial charge < -0.3 is 14.8 Å². The van der Waals surface area contributed by atoms with Crippen LogP contribution in [0.1, 0.15) is 31.9 Å². The summed E-state index contributed by atoms with van der Waals surface area (Å²) in [5, 5.41) is 3.42. The van der Waals surface area contributed by atoms with E-state index in [4.69, 9.17) is 9.47 Å². The van der Waals surface area contributed by atoms with Crippen molar-refractivity contribution in [3.05, 3.63) is 29.3 Å². The molecule has 0 bridgehead atoms. The molecular formula is C15H25NO2. The highest BCUT2D eigenvalue weighted by molar-refractivity contribution is 5.36. The third kappa shape index (κ3) is 4.67. The molecule has 0 aromatic heterocycles. The van der Waals surface area contributed by atoms with Crippen molar-refractivity contribution in [2.75, 3.05) is 20.3 Å². The smallest absolute Gasteiger partial charge is 0.123 e. The Balaban J connectivity index is 2.55. The highest BCUT2D eigenvalue weighted by Gasteiger charge is 2.16. The van der Waals surface area contributed by atoms with Gasteiger partial charge in [-0.25, -0.2) is 0 Å². The summed E-state index contributed by atoms with van der Waals surface area (Å²) >= 11 is 0. The van der Waals surface area contributed by atoms with Crippen molar-refractivity contribution in [3.8, 4) is 5.75 Å². The molecule has 0 amide bonds. The molecule has 1 aromatic rings. The van der Waals surface area contributed by atoms with E-state index in [1.807, 2.05) is 13.0 Å². The molecule has 0 fully saturated rings. The number of hydrogen-bond donors (Lipinski definition) is 1. The van der Waals surface area contributed by atoms with E-state index < -0.39 is 0 Å². The van der Waals surface area contributed by atoms with Crippen LogP contribution < -0.4 is 10.1 Å². The fourth-order valence-electron chi connectivity index (χ4n) is 1.99. The molecule has 1 rings (SSSR count). The van der Waals surface area contributed by atoms with Crippen molar-refractivity contribution in [2.24, 2.45) is 0 Å². The van der Waals surface area contributed by atoms with Crippen molar-refractivity contribution in [1.82, 2.24) is 5.32 Å². The van der Waals surface area contributed by atoms with Crippen LogP contribution in [0.4, 0.5) is 0 Å². The highest BCUT2D eigenvalue weighted by Crippen LogP contribution is 2.19. The summed E-state index contributed by atoms with van der Waals surface area (Å²) in [5.41, 5.74) is 2.30. The predicted molar refractivity (Wildman–Crippen MR) is 75.1 cm³/mol. The Kier molecular flexibility index (Phi) is 5.63. The van der Waals surface area contributed by atoms with Crippen LogP contribution in [0.25, 0.3) is 0 Å². The molecule has 0 spiro atoms. The third-order valence-electron chi connectivity index (χ3n) is 2.84. The highest BCUT2D eigenvalue weighted by atomic mass is 16.5. The van der Waals surface area contributed by atoms with Crippen LogP contribution in [-0.2, 0) is 11.3 Å². The molecule has 3 heteroatoms. The van der Waals surface area contributed by atoms with Gasteiger partial charge >= 0.3 is 0 Å². The van der Waals surface area contributed by atoms with Crippen LogP contribution in [-0.4, -0.2) is 25.9 Å². The zero-order valence-corrected chi connectivity index (χ0v) is 12.2. The van der Waals surface area contributed by atoms with E-state index in [0.717, 1.165) is 25.4 Å². The maximum absolute atomic E-state index is 5.65. The van der Waals surface area contributed by atoms with Crippen LogP contribution in [0.3, 0.4) is 0 Å². The normalized spacial score (nSPS) is 11.6. The molecule has 0 aliphatic heterocycles. The Morgan fingerprint density at radius 3 is 2.61 bits per heavy atom. The summed E-state index contributed by atoms with van der Waals surface area (Å²) in [7, 11) is 1.71. The lowest BCUT2D eigenvalue weighted by Gasteiger charge is -2.25. The molecule has 0 atom stereocenters. The molecule has 0 saturated carbocycles. The van der Waals surface area contributed by atoms with Gasteiger partial charge in [-0.1, -0.05) is 17.7 Å². The maximum atomic E-state index is 5.65. The van der Waals surface area contributed by atoms with Crippen molar-refractivity contribution < 1.29 is 9.47 Å². The predicted octanol–water partition coefficient (Wildman–Crippen LogP) is 2.91. The van der Waals surface area contributed by atoms with E-state index in [1.54, 1.807) is 7.11 Å². The van der Waals surface area contributed by atoms with Gasteiger partial charge in [0.2, 0.25) is 0 Å². The van der Waals surface area contributed by atoms with E-state index in [9.17, 15) is 0 Å². The van der Waals surface area contributed by atoms with Gasteiger partial charge in [0.15, 0.2) is 0 Å². The summed E-state index contributed by atoms with van der Waals surface area (Å²) in [5.74, 6) is 0.933. The minimum absolute atomic E-state index is 0.133. The van der Waals surface area contributed by atoms with Crippen molar-refractivity contribution in [1.29, 1.82) is 0 Å². The van der Waals surface area contributed by atoms with Gasteiger partial charge in [0.1, 0.15) is 5.75 Å². The fourth-order valence-corrected chi connectivity index (χ4v) is 1.99. The number of hydrogen-bond acceptors (Lipinski definition) is 3. The topological polar surface area (TPSA) is 30.5 Å². The zero-order valence-electron chi connectivity index (χ0n) is 12.2. The Labute approximate surface area is 110 Å². The van der Waals surface area contributed by atoms with Crippen molar-refractivity contribution >= 4 is 0 Å². The summed E-state index contributed by atoms with van der Waals surface area (Å²) in [6.07, 6.45) is 0. The van der Waals surface area contributed by atoms with Gasteiger partial charge in [0, 0.05) is 25.3 Å². The molecule has 102 valence electrons. The first-order valence-electron chi connectivity index (χ1n) is 6.46. The van der Waals surface area contributed by atoms with Crippen molar-refractivity contribution in [3.63, 3.8) is 0 Å². The average Bonchev–Trinajstić information content (AvgIpc) is 2.29. The largest absolute Gasteiger partial charge is 0.496 e. The first-order valence-corrected chi connectivity index (χ1v) is 6.46. The molecule has 0 radical (unpaired) electrons. The van der Waals surface area contributed by atoms with Crippen molar-refractivity contribution in [2.45, 2.75) is 39.8 Å². The molecule has 1 aromatic carbocycles. The second-order valence-corrected chi connectivity index (χ2v) is 5.11. The molecule has 18 heavy (non-hydrogen) atoms. The quantitative estimate of drug-likeness (QED) is 0.808. The van der Waals surface area contributed by atoms with E-state index in [0.29, 0.717) is 0 Å². The molecule has 1 N–H and O–H groups in total. The molecule has 0 heterocycles. The van der Waals surface area contributed by atoms with E-state index >= 15 is 0 Å². The maximum Gasteiger partial charge on any atom is 0.123 e. The van der Waals surface area contributed by atoms with E-state index in [1.165, 1.54) is 11.1 Å². The van der Waals surface area contributed by atoms with Gasteiger partial charge in [-0.05, 0) is 33.8 Å². The minimum Gasteiger partial charge on any atom is -0.496 e. The summed E-state index contributed by atoms with van der Waals surface area (Å²) in [6.45, 7) is 10.6. The number of rotatable bonds is 7. The number of ether oxygens (including phenoxy) is 2. The van der Waals surface area contributed by atoms with E-state index in [-0.39, 0.29) is 5.60 Å². The molecule has 0 unspecified atom stereocenters. The molecule has 0 aliphatic carbocycles. The molecule has 3 nitrogen and oxygen atoms in total. The lowest BCUT2D eigenvalue weighted by Crippen LogP contribution is -2.37. The monoisotopic (exact) mass is 251 g/mol. The lowest BCUT2D eigenvalue weighted by molar-refractivity contribution is -0.00900. The van der Waals surface area contributed by atoms with Crippen LogP contribution in [0, 0.1) is 6.92 Å². The first kappa shape index (κ1) is 15.0. The molecular weight excluding hydrogens is 226 g/mol. The Hall–Kier alpha value is -1.06. The summed E-state index contributed by atoms with van der Waals surface area (Å²) in [4.78, 5) is 0. The van der Waals surface area contributed by atoms with Crippen LogP contribution in [0.15, 0.2) is 18.2 Å². The fraction of sp³-hybridized carbons (Fsp3) is 0.600. The van der Waals surface area contributed by atoms with Gasteiger partial charge in [-0.15, -0.1) is 0 Å². The average molecular weight is 251 g/mol. The SMILES string of the molecule is CCOC(C)(C)CNCc1cc(C)ccc1OC. The van der Waals surface area contributed by atoms with Gasteiger partial charge in [-0.2, -0.15) is 0 Å². The van der Waals surface area contributed by atoms with Gasteiger partial charge in [-0.3, -0.25) is 0 Å². The zero-order chi connectivity index (χ0) is 13.6. The number of nitrogens with one attached hydrogen (secondary N) is 1. The van der Waals surface area contributed by atoms with E-state index in [2.05, 4.69) is 38.2 Å².